The van der Waals surface area contributed by atoms with Gasteiger partial charge in [-0.1, -0.05) is 30.3 Å². The normalized spacial score (nSPS) is 14.0. The molecule has 0 N–H and O–H groups in total. The van der Waals surface area contributed by atoms with E-state index in [2.05, 4.69) is 35.5 Å². The van der Waals surface area contributed by atoms with Gasteiger partial charge in [0.05, 0.1) is 5.52 Å². The molecule has 1 atom stereocenters. The summed E-state index contributed by atoms with van der Waals surface area (Å²) >= 11 is 0. The molecular formula is C22H25ClN2O4. The summed E-state index contributed by atoms with van der Waals surface area (Å²) in [5.74, 6) is 1.43. The summed E-state index contributed by atoms with van der Waals surface area (Å²) < 4.78 is 24.9. The third-order valence-electron chi connectivity index (χ3n) is 5.06. The second-order valence-electron chi connectivity index (χ2n) is 6.81. The topological polar surface area (TPSA) is 54.7 Å². The quantitative estimate of drug-likeness (QED) is 0.567. The lowest BCUT2D eigenvalue weighted by molar-refractivity contribution is 0.0558. The Morgan fingerprint density at radius 2 is 1.97 bits per heavy atom. The van der Waals surface area contributed by atoms with Gasteiger partial charge in [-0.2, -0.15) is 0 Å². The number of ether oxygens (including phenoxy) is 4. The van der Waals surface area contributed by atoms with Crippen LogP contribution >= 0.6 is 12.4 Å². The van der Waals surface area contributed by atoms with Crippen LogP contribution in [0.2, 0.25) is 0 Å². The predicted molar refractivity (Wildman–Crippen MR) is 113 cm³/mol. The Labute approximate surface area is 176 Å². The average Bonchev–Trinajstić information content (AvgIpc) is 3.33. The molecule has 3 heterocycles. The van der Waals surface area contributed by atoms with Crippen molar-refractivity contribution in [3.05, 3.63) is 71.4 Å². The maximum atomic E-state index is 6.48. The summed E-state index contributed by atoms with van der Waals surface area (Å²) in [5, 5.41) is 0. The minimum absolute atomic E-state index is 0. The van der Waals surface area contributed by atoms with E-state index in [1.807, 2.05) is 24.3 Å². The Morgan fingerprint density at radius 3 is 2.66 bits per heavy atom. The van der Waals surface area contributed by atoms with E-state index >= 15 is 0 Å². The summed E-state index contributed by atoms with van der Waals surface area (Å²) in [6.07, 6.45) is 3.78. The molecule has 1 unspecified atom stereocenters. The molecule has 29 heavy (non-hydrogen) atoms. The first-order chi connectivity index (χ1) is 13.7. The van der Waals surface area contributed by atoms with Crippen molar-refractivity contribution < 1.29 is 18.9 Å². The third kappa shape index (κ3) is 4.18. The van der Waals surface area contributed by atoms with Gasteiger partial charge in [-0.05, 0) is 25.0 Å². The summed E-state index contributed by atoms with van der Waals surface area (Å²) in [4.78, 5) is 4.57. The fourth-order valence-corrected chi connectivity index (χ4v) is 3.50. The van der Waals surface area contributed by atoms with Gasteiger partial charge in [-0.25, -0.2) is 0 Å². The van der Waals surface area contributed by atoms with Gasteiger partial charge < -0.3 is 23.5 Å². The van der Waals surface area contributed by atoms with E-state index in [-0.39, 0.29) is 25.3 Å². The number of aryl methyl sites for hydroxylation is 1. The zero-order valence-corrected chi connectivity index (χ0v) is 17.6. The number of pyridine rings is 1. The highest BCUT2D eigenvalue weighted by molar-refractivity contribution is 5.86. The van der Waals surface area contributed by atoms with Crippen molar-refractivity contribution in [1.82, 2.24) is 9.55 Å². The van der Waals surface area contributed by atoms with Crippen molar-refractivity contribution in [3.8, 4) is 5.75 Å². The van der Waals surface area contributed by atoms with E-state index in [1.165, 1.54) is 0 Å². The van der Waals surface area contributed by atoms with Gasteiger partial charge in [-0.3, -0.25) is 4.98 Å². The second-order valence-corrected chi connectivity index (χ2v) is 6.81. The standard InChI is InChI=1S/C22H24N2O4.ClH/c1-15-16(2)24(13-25-3)22-18(9-10-23-21(15)22)28-19(20-12-26-14-27-20)11-17-7-5-4-6-8-17;/h4-10,12,19H,11,13-14H2,1-3H3;1H. The molecule has 0 radical (unpaired) electrons. The molecule has 0 aliphatic carbocycles. The number of nitrogens with zero attached hydrogens (tertiary/aromatic N) is 2. The van der Waals surface area contributed by atoms with Crippen LogP contribution in [0.25, 0.3) is 11.0 Å². The maximum Gasteiger partial charge on any atom is 0.230 e. The van der Waals surface area contributed by atoms with E-state index in [0.29, 0.717) is 18.9 Å². The Morgan fingerprint density at radius 1 is 1.17 bits per heavy atom. The number of benzene rings is 1. The van der Waals surface area contributed by atoms with E-state index < -0.39 is 0 Å². The molecule has 6 nitrogen and oxygen atoms in total. The zero-order chi connectivity index (χ0) is 19.5. The summed E-state index contributed by atoms with van der Waals surface area (Å²) in [6.45, 7) is 4.79. The van der Waals surface area contributed by atoms with E-state index in [1.54, 1.807) is 19.6 Å². The number of halogens is 1. The van der Waals surface area contributed by atoms with Crippen LogP contribution in [0.15, 0.2) is 54.6 Å². The van der Waals surface area contributed by atoms with Gasteiger partial charge in [-0.15, -0.1) is 12.4 Å². The molecule has 0 spiro atoms. The molecule has 3 aromatic rings. The second kappa shape index (κ2) is 9.20. The highest BCUT2D eigenvalue weighted by Gasteiger charge is 2.25. The highest BCUT2D eigenvalue weighted by atomic mass is 35.5. The van der Waals surface area contributed by atoms with Crippen molar-refractivity contribution >= 4 is 23.4 Å². The summed E-state index contributed by atoms with van der Waals surface area (Å²) in [5.41, 5.74) is 5.24. The van der Waals surface area contributed by atoms with Crippen LogP contribution in [0, 0.1) is 13.8 Å². The van der Waals surface area contributed by atoms with Crippen molar-refractivity contribution in [1.29, 1.82) is 0 Å². The summed E-state index contributed by atoms with van der Waals surface area (Å²) in [7, 11) is 1.68. The molecule has 4 rings (SSSR count). The lowest BCUT2D eigenvalue weighted by Crippen LogP contribution is -2.23. The van der Waals surface area contributed by atoms with Crippen LogP contribution in [0.5, 0.6) is 5.75 Å². The molecule has 1 aliphatic rings. The van der Waals surface area contributed by atoms with Crippen LogP contribution in [0.4, 0.5) is 0 Å². The predicted octanol–water partition coefficient (Wildman–Crippen LogP) is 4.51. The van der Waals surface area contributed by atoms with Crippen molar-refractivity contribution in [2.45, 2.75) is 33.1 Å². The minimum atomic E-state index is -0.304. The monoisotopic (exact) mass is 416 g/mol. The molecule has 1 aliphatic heterocycles. The third-order valence-corrected chi connectivity index (χ3v) is 5.06. The largest absolute Gasteiger partial charge is 0.480 e. The number of fused-ring (bicyclic) bond motifs is 1. The Bertz CT molecular complexity index is 1000. The fourth-order valence-electron chi connectivity index (χ4n) is 3.50. The SMILES string of the molecule is COCn1c(C)c(C)c2nccc(OC(Cc3ccccc3)C3=COCO3)c21.Cl. The van der Waals surface area contributed by atoms with Gasteiger partial charge in [0.15, 0.2) is 11.9 Å². The first kappa shape index (κ1) is 21.0. The Balaban J connectivity index is 0.00000240. The van der Waals surface area contributed by atoms with Gasteiger partial charge in [0.25, 0.3) is 0 Å². The lowest BCUT2D eigenvalue weighted by atomic mass is 10.1. The average molecular weight is 417 g/mol. The lowest BCUT2D eigenvalue weighted by Gasteiger charge is -2.20. The Kier molecular flexibility index (Phi) is 6.67. The minimum Gasteiger partial charge on any atom is -0.480 e. The number of aromatic nitrogens is 2. The maximum absolute atomic E-state index is 6.48. The first-order valence-corrected chi connectivity index (χ1v) is 9.27. The smallest absolute Gasteiger partial charge is 0.230 e. The first-order valence-electron chi connectivity index (χ1n) is 9.27. The Hall–Kier alpha value is -2.70. The highest BCUT2D eigenvalue weighted by Crippen LogP contribution is 2.33. The number of hydrogen-bond acceptors (Lipinski definition) is 5. The van der Waals surface area contributed by atoms with Crippen molar-refractivity contribution in [2.75, 3.05) is 13.9 Å². The molecule has 154 valence electrons. The molecule has 7 heteroatoms. The number of methoxy groups -OCH3 is 1. The molecule has 0 fully saturated rings. The van der Waals surface area contributed by atoms with Crippen LogP contribution < -0.4 is 4.74 Å². The van der Waals surface area contributed by atoms with Crippen LogP contribution in [0.3, 0.4) is 0 Å². The van der Waals surface area contributed by atoms with Gasteiger partial charge in [0.2, 0.25) is 6.79 Å². The molecule has 0 bridgehead atoms. The van der Waals surface area contributed by atoms with E-state index in [0.717, 1.165) is 33.6 Å². The van der Waals surface area contributed by atoms with Gasteiger partial charge in [0.1, 0.15) is 24.3 Å². The summed E-state index contributed by atoms with van der Waals surface area (Å²) in [6, 6.07) is 12.1. The van der Waals surface area contributed by atoms with E-state index in [4.69, 9.17) is 18.9 Å². The van der Waals surface area contributed by atoms with Crippen molar-refractivity contribution in [3.63, 3.8) is 0 Å². The van der Waals surface area contributed by atoms with Gasteiger partial charge >= 0.3 is 0 Å². The van der Waals surface area contributed by atoms with Crippen LogP contribution in [-0.4, -0.2) is 29.6 Å². The van der Waals surface area contributed by atoms with Crippen LogP contribution in [-0.2, 0) is 27.4 Å². The number of hydrogen-bond donors (Lipinski definition) is 0. The molecule has 0 saturated heterocycles. The molecular weight excluding hydrogens is 392 g/mol. The molecule has 0 amide bonds. The van der Waals surface area contributed by atoms with E-state index in [9.17, 15) is 0 Å². The van der Waals surface area contributed by atoms with Crippen LogP contribution in [0.1, 0.15) is 16.8 Å². The van der Waals surface area contributed by atoms with Gasteiger partial charge in [0, 0.05) is 31.5 Å². The fraction of sp³-hybridized carbons (Fsp3) is 0.318. The van der Waals surface area contributed by atoms with Crippen molar-refractivity contribution in [2.24, 2.45) is 0 Å². The zero-order valence-electron chi connectivity index (χ0n) is 16.8. The molecule has 0 saturated carbocycles. The molecule has 2 aromatic heterocycles. The number of rotatable bonds is 7. The molecule has 1 aromatic carbocycles.